The summed E-state index contributed by atoms with van der Waals surface area (Å²) in [4.78, 5) is 24.5. The number of aryl methyl sites for hydroxylation is 2. The van der Waals surface area contributed by atoms with Crippen molar-refractivity contribution in [3.8, 4) is 5.69 Å². The van der Waals surface area contributed by atoms with Crippen molar-refractivity contribution in [2.45, 2.75) is 26.9 Å². The maximum atomic E-state index is 13.6. The topological polar surface area (TPSA) is 60.3 Å². The highest BCUT2D eigenvalue weighted by atomic mass is 19.1. The van der Waals surface area contributed by atoms with Crippen LogP contribution in [0.4, 0.5) is 10.1 Å². The lowest BCUT2D eigenvalue weighted by Gasteiger charge is -2.14. The number of esters is 1. The van der Waals surface area contributed by atoms with Crippen molar-refractivity contribution in [1.82, 2.24) is 4.57 Å². The van der Waals surface area contributed by atoms with Crippen LogP contribution >= 0.6 is 0 Å². The number of nitrogens with zero attached hydrogens (tertiary/aromatic N) is 1. The van der Waals surface area contributed by atoms with E-state index >= 15 is 0 Å². The molecule has 1 aromatic heterocycles. The lowest BCUT2D eigenvalue weighted by Crippen LogP contribution is -2.30. The fourth-order valence-electron chi connectivity index (χ4n) is 2.90. The Hall–Kier alpha value is -3.41. The fraction of sp³-hybridized carbons (Fsp3) is 0.182. The second-order valence-electron chi connectivity index (χ2n) is 6.52. The normalized spacial score (nSPS) is 11.7. The molecule has 0 aliphatic carbocycles. The van der Waals surface area contributed by atoms with Gasteiger partial charge >= 0.3 is 5.97 Å². The molecule has 1 heterocycles. The smallest absolute Gasteiger partial charge is 0.338 e. The second-order valence-corrected chi connectivity index (χ2v) is 6.52. The van der Waals surface area contributed by atoms with Gasteiger partial charge in [-0.15, -0.1) is 0 Å². The van der Waals surface area contributed by atoms with E-state index in [1.165, 1.54) is 25.1 Å². The Balaban J connectivity index is 1.65. The molecule has 28 heavy (non-hydrogen) atoms. The van der Waals surface area contributed by atoms with Gasteiger partial charge in [0.25, 0.3) is 5.91 Å². The van der Waals surface area contributed by atoms with Crippen LogP contribution in [0.5, 0.6) is 0 Å². The van der Waals surface area contributed by atoms with E-state index < -0.39 is 23.8 Å². The first-order chi connectivity index (χ1) is 13.4. The van der Waals surface area contributed by atoms with Crippen molar-refractivity contribution in [2.75, 3.05) is 5.32 Å². The average molecular weight is 380 g/mol. The standard InChI is InChI=1S/C22H21FN2O3/c1-14-8-9-15(2)25(14)18-12-10-17(11-13-18)22(27)28-16(3)21(26)24-20-7-5-4-6-19(20)23/h4-13,16H,1-3H3,(H,24,26). The molecule has 2 aromatic carbocycles. The van der Waals surface area contributed by atoms with E-state index in [-0.39, 0.29) is 5.69 Å². The molecule has 144 valence electrons. The molecule has 5 nitrogen and oxygen atoms in total. The molecule has 0 fully saturated rings. The number of nitrogens with one attached hydrogen (secondary N) is 1. The quantitative estimate of drug-likeness (QED) is 0.667. The summed E-state index contributed by atoms with van der Waals surface area (Å²) in [7, 11) is 0. The van der Waals surface area contributed by atoms with E-state index in [2.05, 4.69) is 9.88 Å². The molecule has 0 aliphatic heterocycles. The van der Waals surface area contributed by atoms with Gasteiger partial charge in [0.15, 0.2) is 6.10 Å². The molecule has 6 heteroatoms. The highest BCUT2D eigenvalue weighted by molar-refractivity contribution is 5.97. The van der Waals surface area contributed by atoms with E-state index in [1.807, 2.05) is 38.1 Å². The summed E-state index contributed by atoms with van der Waals surface area (Å²) in [6, 6.07) is 16.8. The van der Waals surface area contributed by atoms with Gasteiger partial charge in [-0.05, 0) is 69.3 Å². The molecule has 0 radical (unpaired) electrons. The highest BCUT2D eigenvalue weighted by Gasteiger charge is 2.20. The third-order valence-corrected chi connectivity index (χ3v) is 4.42. The van der Waals surface area contributed by atoms with Crippen LogP contribution in [0.3, 0.4) is 0 Å². The number of benzene rings is 2. The molecule has 0 saturated carbocycles. The van der Waals surface area contributed by atoms with E-state index in [0.717, 1.165) is 17.1 Å². The number of para-hydroxylation sites is 1. The highest BCUT2D eigenvalue weighted by Crippen LogP contribution is 2.18. The molecular formula is C22H21FN2O3. The number of anilines is 1. The first kappa shape index (κ1) is 19.4. The lowest BCUT2D eigenvalue weighted by atomic mass is 10.2. The number of carbonyl (C=O) groups excluding carboxylic acids is 2. The number of halogens is 1. The number of carbonyl (C=O) groups is 2. The predicted octanol–water partition coefficient (Wildman–Crippen LogP) is 4.42. The van der Waals surface area contributed by atoms with Crippen molar-refractivity contribution in [2.24, 2.45) is 0 Å². The van der Waals surface area contributed by atoms with Crippen LogP contribution in [0.25, 0.3) is 5.69 Å². The van der Waals surface area contributed by atoms with Crippen molar-refractivity contribution < 1.29 is 18.7 Å². The van der Waals surface area contributed by atoms with Crippen LogP contribution in [0.2, 0.25) is 0 Å². The van der Waals surface area contributed by atoms with E-state index in [4.69, 9.17) is 4.74 Å². The van der Waals surface area contributed by atoms with Crippen molar-refractivity contribution in [3.05, 3.63) is 83.4 Å². The number of amides is 1. The second kappa shape index (κ2) is 8.08. The first-order valence-electron chi connectivity index (χ1n) is 8.88. The zero-order valence-electron chi connectivity index (χ0n) is 15.9. The lowest BCUT2D eigenvalue weighted by molar-refractivity contribution is -0.123. The molecule has 0 aliphatic rings. The molecule has 0 spiro atoms. The summed E-state index contributed by atoms with van der Waals surface area (Å²) in [5, 5.41) is 2.41. The summed E-state index contributed by atoms with van der Waals surface area (Å²) in [5.41, 5.74) is 3.48. The zero-order chi connectivity index (χ0) is 20.3. The number of aromatic nitrogens is 1. The molecular weight excluding hydrogens is 359 g/mol. The first-order valence-corrected chi connectivity index (χ1v) is 8.88. The maximum absolute atomic E-state index is 13.6. The Morgan fingerprint density at radius 1 is 0.964 bits per heavy atom. The Labute approximate surface area is 162 Å². The summed E-state index contributed by atoms with van der Waals surface area (Å²) in [6.45, 7) is 5.45. The minimum absolute atomic E-state index is 0.0391. The number of hydrogen-bond donors (Lipinski definition) is 1. The minimum atomic E-state index is -1.07. The summed E-state index contributed by atoms with van der Waals surface area (Å²) >= 11 is 0. The van der Waals surface area contributed by atoms with Crippen LogP contribution in [0.15, 0.2) is 60.7 Å². The Kier molecular flexibility index (Phi) is 5.59. The van der Waals surface area contributed by atoms with E-state index in [0.29, 0.717) is 5.56 Å². The molecule has 0 bridgehead atoms. The van der Waals surface area contributed by atoms with Gasteiger partial charge in [0.2, 0.25) is 0 Å². The molecule has 0 saturated heterocycles. The minimum Gasteiger partial charge on any atom is -0.449 e. The van der Waals surface area contributed by atoms with E-state index in [9.17, 15) is 14.0 Å². The predicted molar refractivity (Wildman–Crippen MR) is 105 cm³/mol. The van der Waals surface area contributed by atoms with Crippen LogP contribution in [-0.4, -0.2) is 22.5 Å². The van der Waals surface area contributed by atoms with Gasteiger partial charge in [-0.2, -0.15) is 0 Å². The van der Waals surface area contributed by atoms with Crippen LogP contribution < -0.4 is 5.32 Å². The number of rotatable bonds is 5. The van der Waals surface area contributed by atoms with Gasteiger partial charge in [0.05, 0.1) is 11.3 Å². The van der Waals surface area contributed by atoms with Crippen molar-refractivity contribution >= 4 is 17.6 Å². The Morgan fingerprint density at radius 3 is 2.18 bits per heavy atom. The van der Waals surface area contributed by atoms with Gasteiger partial charge in [0.1, 0.15) is 5.82 Å². The monoisotopic (exact) mass is 380 g/mol. The van der Waals surface area contributed by atoms with Crippen molar-refractivity contribution in [1.29, 1.82) is 0 Å². The molecule has 1 unspecified atom stereocenters. The molecule has 3 rings (SSSR count). The third-order valence-electron chi connectivity index (χ3n) is 4.42. The number of ether oxygens (including phenoxy) is 1. The maximum Gasteiger partial charge on any atom is 0.338 e. The van der Waals surface area contributed by atoms with Gasteiger partial charge in [-0.25, -0.2) is 9.18 Å². The summed E-state index contributed by atoms with van der Waals surface area (Å²) in [5.74, 6) is -1.78. The van der Waals surface area contributed by atoms with Crippen LogP contribution in [0.1, 0.15) is 28.7 Å². The van der Waals surface area contributed by atoms with Gasteiger partial charge < -0.3 is 14.6 Å². The van der Waals surface area contributed by atoms with Gasteiger partial charge in [0, 0.05) is 17.1 Å². The summed E-state index contributed by atoms with van der Waals surface area (Å²) < 4.78 is 20.9. The molecule has 1 atom stereocenters. The molecule has 1 N–H and O–H groups in total. The van der Waals surface area contributed by atoms with Crippen molar-refractivity contribution in [3.63, 3.8) is 0 Å². The Morgan fingerprint density at radius 2 is 1.57 bits per heavy atom. The van der Waals surface area contributed by atoms with Gasteiger partial charge in [-0.3, -0.25) is 4.79 Å². The fourth-order valence-corrected chi connectivity index (χ4v) is 2.90. The van der Waals surface area contributed by atoms with E-state index in [1.54, 1.807) is 18.2 Å². The van der Waals surface area contributed by atoms with Crippen LogP contribution in [-0.2, 0) is 9.53 Å². The third kappa shape index (κ3) is 4.11. The largest absolute Gasteiger partial charge is 0.449 e. The molecule has 1 amide bonds. The Bertz CT molecular complexity index is 989. The number of hydrogen-bond acceptors (Lipinski definition) is 3. The zero-order valence-corrected chi connectivity index (χ0v) is 15.9. The SMILES string of the molecule is Cc1ccc(C)n1-c1ccc(C(=O)OC(C)C(=O)Nc2ccccc2F)cc1. The molecule has 3 aromatic rings. The summed E-state index contributed by atoms with van der Waals surface area (Å²) in [6.07, 6.45) is -1.07. The average Bonchev–Trinajstić information content (AvgIpc) is 3.02. The van der Waals surface area contributed by atoms with Crippen LogP contribution in [0, 0.1) is 19.7 Å². The van der Waals surface area contributed by atoms with Gasteiger partial charge in [-0.1, -0.05) is 12.1 Å².